The third-order valence-corrected chi connectivity index (χ3v) is 4.75. The van der Waals surface area contributed by atoms with Gasteiger partial charge in [-0.15, -0.1) is 0 Å². The SMILES string of the molecule is CN(C)CC(CNC(=O)Nc1cccc2ccccc12)C(O)c1ccccc1. The van der Waals surface area contributed by atoms with Crippen molar-refractivity contribution >= 4 is 22.5 Å². The smallest absolute Gasteiger partial charge is 0.319 e. The van der Waals surface area contributed by atoms with Crippen LogP contribution in [0.15, 0.2) is 72.8 Å². The first kappa shape index (κ1) is 19.9. The number of nitrogens with zero attached hydrogens (tertiary/aromatic N) is 1. The molecule has 3 rings (SSSR count). The van der Waals surface area contributed by atoms with E-state index in [-0.39, 0.29) is 11.9 Å². The van der Waals surface area contributed by atoms with E-state index in [4.69, 9.17) is 0 Å². The van der Waals surface area contributed by atoms with Gasteiger partial charge in [-0.2, -0.15) is 0 Å². The van der Waals surface area contributed by atoms with Crippen molar-refractivity contribution in [1.29, 1.82) is 0 Å². The Morgan fingerprint density at radius 2 is 1.64 bits per heavy atom. The van der Waals surface area contributed by atoms with Crippen LogP contribution in [0.1, 0.15) is 11.7 Å². The van der Waals surface area contributed by atoms with Gasteiger partial charge in [-0.25, -0.2) is 4.79 Å². The molecule has 3 N–H and O–H groups in total. The van der Waals surface area contributed by atoms with E-state index in [1.54, 1.807) is 0 Å². The lowest BCUT2D eigenvalue weighted by Gasteiger charge is -2.26. The van der Waals surface area contributed by atoms with E-state index in [1.807, 2.05) is 91.8 Å². The predicted molar refractivity (Wildman–Crippen MR) is 114 cm³/mol. The summed E-state index contributed by atoms with van der Waals surface area (Å²) in [6.45, 7) is 1.02. The summed E-state index contributed by atoms with van der Waals surface area (Å²) >= 11 is 0. The molecule has 0 fully saturated rings. The number of benzene rings is 3. The van der Waals surface area contributed by atoms with Gasteiger partial charge in [-0.3, -0.25) is 0 Å². The summed E-state index contributed by atoms with van der Waals surface area (Å²) in [6.07, 6.45) is -0.651. The topological polar surface area (TPSA) is 64.6 Å². The fourth-order valence-electron chi connectivity index (χ4n) is 3.39. The average molecular weight is 377 g/mol. The minimum absolute atomic E-state index is 0.129. The first-order valence-corrected chi connectivity index (χ1v) is 9.45. The minimum Gasteiger partial charge on any atom is -0.388 e. The van der Waals surface area contributed by atoms with Crippen LogP contribution < -0.4 is 10.6 Å². The van der Waals surface area contributed by atoms with Crippen LogP contribution in [0.2, 0.25) is 0 Å². The number of carbonyl (C=O) groups excluding carboxylic acids is 1. The molecule has 0 saturated carbocycles. The molecule has 0 saturated heterocycles. The van der Waals surface area contributed by atoms with Gasteiger partial charge in [0.2, 0.25) is 0 Å². The lowest BCUT2D eigenvalue weighted by Crippen LogP contribution is -2.39. The maximum absolute atomic E-state index is 12.5. The number of anilines is 1. The van der Waals surface area contributed by atoms with Crippen molar-refractivity contribution in [3.63, 3.8) is 0 Å². The quantitative estimate of drug-likeness (QED) is 0.586. The highest BCUT2D eigenvalue weighted by Gasteiger charge is 2.22. The van der Waals surface area contributed by atoms with Gasteiger partial charge in [0.25, 0.3) is 0 Å². The molecule has 2 amide bonds. The van der Waals surface area contributed by atoms with Crippen LogP contribution in [0.25, 0.3) is 10.8 Å². The third-order valence-electron chi connectivity index (χ3n) is 4.75. The lowest BCUT2D eigenvalue weighted by atomic mass is 9.95. The monoisotopic (exact) mass is 377 g/mol. The van der Waals surface area contributed by atoms with Crippen LogP contribution in [-0.4, -0.2) is 43.2 Å². The van der Waals surface area contributed by atoms with E-state index in [1.165, 1.54) is 0 Å². The zero-order valence-corrected chi connectivity index (χ0v) is 16.3. The largest absolute Gasteiger partial charge is 0.388 e. The molecule has 3 aromatic carbocycles. The Morgan fingerprint density at radius 1 is 0.964 bits per heavy atom. The summed E-state index contributed by atoms with van der Waals surface area (Å²) in [6, 6.07) is 23.0. The van der Waals surface area contributed by atoms with E-state index < -0.39 is 6.10 Å². The fraction of sp³-hybridized carbons (Fsp3) is 0.261. The highest BCUT2D eigenvalue weighted by atomic mass is 16.3. The number of hydrogen-bond donors (Lipinski definition) is 3. The standard InChI is InChI=1S/C23H27N3O2/c1-26(2)16-19(22(27)18-10-4-3-5-11-18)15-24-23(28)25-21-14-8-12-17-9-6-7-13-20(17)21/h3-14,19,22,27H,15-16H2,1-2H3,(H2,24,25,28). The second kappa shape index (κ2) is 9.35. The van der Waals surface area contributed by atoms with Gasteiger partial charge in [0.05, 0.1) is 11.8 Å². The predicted octanol–water partition coefficient (Wildman–Crippen LogP) is 3.87. The first-order valence-electron chi connectivity index (χ1n) is 9.45. The maximum atomic E-state index is 12.5. The van der Waals surface area contributed by atoms with Gasteiger partial charge in [0, 0.05) is 24.4 Å². The molecule has 0 bridgehead atoms. The van der Waals surface area contributed by atoms with E-state index in [2.05, 4.69) is 10.6 Å². The molecule has 2 atom stereocenters. The van der Waals surface area contributed by atoms with Crippen molar-refractivity contribution < 1.29 is 9.90 Å². The molecule has 0 aliphatic heterocycles. The van der Waals surface area contributed by atoms with Crippen molar-refractivity contribution in [2.75, 3.05) is 32.5 Å². The van der Waals surface area contributed by atoms with Gasteiger partial charge < -0.3 is 20.6 Å². The van der Waals surface area contributed by atoms with Crippen LogP contribution in [0.4, 0.5) is 10.5 Å². The number of aliphatic hydroxyl groups excluding tert-OH is 1. The fourth-order valence-corrected chi connectivity index (χ4v) is 3.39. The number of nitrogens with one attached hydrogen (secondary N) is 2. The van der Waals surface area contributed by atoms with E-state index in [0.717, 1.165) is 22.0 Å². The Hall–Kier alpha value is -2.89. The third kappa shape index (κ3) is 5.09. The molecule has 0 aliphatic rings. The molecule has 0 radical (unpaired) electrons. The summed E-state index contributed by atoms with van der Waals surface area (Å²) in [7, 11) is 3.92. The number of fused-ring (bicyclic) bond motifs is 1. The van der Waals surface area contributed by atoms with Crippen molar-refractivity contribution in [3.05, 3.63) is 78.4 Å². The number of rotatable bonds is 7. The van der Waals surface area contributed by atoms with E-state index in [9.17, 15) is 9.90 Å². The Labute approximate surface area is 166 Å². The van der Waals surface area contributed by atoms with Crippen molar-refractivity contribution in [1.82, 2.24) is 10.2 Å². The molecule has 0 aliphatic carbocycles. The summed E-state index contributed by atoms with van der Waals surface area (Å²) in [5, 5.41) is 18.7. The molecule has 28 heavy (non-hydrogen) atoms. The minimum atomic E-state index is -0.651. The van der Waals surface area contributed by atoms with Crippen molar-refractivity contribution in [2.45, 2.75) is 6.10 Å². The molecule has 0 heterocycles. The Kier molecular flexibility index (Phi) is 6.63. The lowest BCUT2D eigenvalue weighted by molar-refractivity contribution is 0.0911. The van der Waals surface area contributed by atoms with Crippen molar-refractivity contribution in [2.24, 2.45) is 5.92 Å². The van der Waals surface area contributed by atoms with E-state index >= 15 is 0 Å². The molecule has 0 spiro atoms. The van der Waals surface area contributed by atoms with Crippen LogP contribution >= 0.6 is 0 Å². The Morgan fingerprint density at radius 3 is 2.39 bits per heavy atom. The first-order chi connectivity index (χ1) is 13.5. The second-order valence-corrected chi connectivity index (χ2v) is 7.24. The molecule has 2 unspecified atom stereocenters. The maximum Gasteiger partial charge on any atom is 0.319 e. The Balaban J connectivity index is 1.66. The molecule has 146 valence electrons. The molecular weight excluding hydrogens is 350 g/mol. The highest BCUT2D eigenvalue weighted by molar-refractivity contribution is 6.01. The van der Waals surface area contributed by atoms with Gasteiger partial charge >= 0.3 is 6.03 Å². The number of carbonyl (C=O) groups is 1. The van der Waals surface area contributed by atoms with Crippen LogP contribution in [-0.2, 0) is 0 Å². The molecular formula is C23H27N3O2. The van der Waals surface area contributed by atoms with Crippen LogP contribution in [0.3, 0.4) is 0 Å². The normalized spacial score (nSPS) is 13.3. The van der Waals surface area contributed by atoms with Gasteiger partial charge in [-0.05, 0) is 31.1 Å². The molecule has 5 heteroatoms. The highest BCUT2D eigenvalue weighted by Crippen LogP contribution is 2.24. The second-order valence-electron chi connectivity index (χ2n) is 7.24. The number of hydrogen-bond acceptors (Lipinski definition) is 3. The summed E-state index contributed by atoms with van der Waals surface area (Å²) in [5.74, 6) is -0.129. The van der Waals surface area contributed by atoms with Crippen LogP contribution in [0.5, 0.6) is 0 Å². The number of aliphatic hydroxyl groups is 1. The summed E-state index contributed by atoms with van der Waals surface area (Å²) in [4.78, 5) is 14.5. The van der Waals surface area contributed by atoms with Crippen molar-refractivity contribution in [3.8, 4) is 0 Å². The molecule has 3 aromatic rings. The van der Waals surface area contributed by atoms with E-state index in [0.29, 0.717) is 13.1 Å². The van der Waals surface area contributed by atoms with Gasteiger partial charge in [-0.1, -0.05) is 66.7 Å². The van der Waals surface area contributed by atoms with Gasteiger partial charge in [0.15, 0.2) is 0 Å². The zero-order chi connectivity index (χ0) is 19.9. The molecule has 5 nitrogen and oxygen atoms in total. The zero-order valence-electron chi connectivity index (χ0n) is 16.3. The summed E-state index contributed by atoms with van der Waals surface area (Å²) < 4.78 is 0. The summed E-state index contributed by atoms with van der Waals surface area (Å²) in [5.41, 5.74) is 1.62. The number of urea groups is 1. The Bertz CT molecular complexity index is 907. The number of amides is 2. The average Bonchev–Trinajstić information content (AvgIpc) is 2.71. The van der Waals surface area contributed by atoms with Crippen LogP contribution in [0, 0.1) is 5.92 Å². The van der Waals surface area contributed by atoms with Gasteiger partial charge in [0.1, 0.15) is 0 Å². The molecule has 0 aromatic heterocycles.